The van der Waals surface area contributed by atoms with Crippen molar-refractivity contribution in [1.82, 2.24) is 0 Å². The standard InChI is InChI=1S/C4H5BrO3/c1-2(5)3(6)4(7)8/h3,6H,1H2,(H,7,8). The van der Waals surface area contributed by atoms with Gasteiger partial charge in [0.05, 0.1) is 0 Å². The fourth-order valence-corrected chi connectivity index (χ4v) is 0.330. The average Bonchev–Trinajstić information content (AvgIpc) is 1.64. The van der Waals surface area contributed by atoms with Crippen LogP contribution < -0.4 is 0 Å². The summed E-state index contributed by atoms with van der Waals surface area (Å²) in [6.07, 6.45) is -1.49. The third kappa shape index (κ3) is 2.09. The zero-order valence-electron chi connectivity index (χ0n) is 3.97. The van der Waals surface area contributed by atoms with Crippen molar-refractivity contribution in [3.05, 3.63) is 11.1 Å². The molecule has 0 aliphatic carbocycles. The third-order valence-corrected chi connectivity index (χ3v) is 0.964. The highest BCUT2D eigenvalue weighted by Crippen LogP contribution is 2.06. The predicted molar refractivity (Wildman–Crippen MR) is 31.7 cm³/mol. The van der Waals surface area contributed by atoms with Crippen molar-refractivity contribution < 1.29 is 15.0 Å². The number of hydrogen-bond acceptors (Lipinski definition) is 2. The molecule has 0 fully saturated rings. The molecule has 1 atom stereocenters. The lowest BCUT2D eigenvalue weighted by Crippen LogP contribution is -2.18. The Bertz CT molecular complexity index is 106. The largest absolute Gasteiger partial charge is 0.479 e. The molecular weight excluding hydrogens is 176 g/mol. The molecule has 0 rings (SSSR count). The maximum atomic E-state index is 9.80. The minimum absolute atomic E-state index is 0.0602. The van der Waals surface area contributed by atoms with E-state index in [0.29, 0.717) is 0 Å². The molecule has 0 aromatic carbocycles. The van der Waals surface area contributed by atoms with E-state index in [1.54, 1.807) is 0 Å². The number of aliphatic carboxylic acids is 1. The quantitative estimate of drug-likeness (QED) is 0.645. The van der Waals surface area contributed by atoms with Crippen LogP contribution in [-0.4, -0.2) is 22.3 Å². The molecule has 0 saturated heterocycles. The maximum Gasteiger partial charge on any atom is 0.337 e. The fourth-order valence-electron chi connectivity index (χ4n) is 0.134. The first-order valence-corrected chi connectivity index (χ1v) is 2.60. The minimum atomic E-state index is -1.49. The van der Waals surface area contributed by atoms with Gasteiger partial charge in [-0.2, -0.15) is 0 Å². The van der Waals surface area contributed by atoms with E-state index in [4.69, 9.17) is 10.2 Å². The van der Waals surface area contributed by atoms with Gasteiger partial charge in [0.15, 0.2) is 6.10 Å². The van der Waals surface area contributed by atoms with E-state index in [1.165, 1.54) is 0 Å². The normalized spacial score (nSPS) is 12.8. The number of halogens is 1. The first-order valence-electron chi connectivity index (χ1n) is 1.81. The van der Waals surface area contributed by atoms with Gasteiger partial charge in [-0.3, -0.25) is 0 Å². The monoisotopic (exact) mass is 180 g/mol. The van der Waals surface area contributed by atoms with Crippen molar-refractivity contribution in [2.75, 3.05) is 0 Å². The van der Waals surface area contributed by atoms with E-state index in [1.807, 2.05) is 0 Å². The summed E-state index contributed by atoms with van der Waals surface area (Å²) >= 11 is 2.72. The second kappa shape index (κ2) is 2.84. The molecule has 0 spiro atoms. The van der Waals surface area contributed by atoms with Crippen LogP contribution in [0.2, 0.25) is 0 Å². The number of carbonyl (C=O) groups is 1. The lowest BCUT2D eigenvalue weighted by molar-refractivity contribution is -0.144. The molecule has 46 valence electrons. The van der Waals surface area contributed by atoms with Gasteiger partial charge in [-0.15, -0.1) is 0 Å². The van der Waals surface area contributed by atoms with E-state index in [-0.39, 0.29) is 4.48 Å². The molecule has 0 aromatic heterocycles. The highest BCUT2D eigenvalue weighted by Gasteiger charge is 2.13. The van der Waals surface area contributed by atoms with Crippen LogP contribution in [0.1, 0.15) is 0 Å². The van der Waals surface area contributed by atoms with Crippen LogP contribution in [0, 0.1) is 0 Å². The zero-order valence-corrected chi connectivity index (χ0v) is 5.55. The highest BCUT2D eigenvalue weighted by atomic mass is 79.9. The number of carboxylic acid groups (broad SMARTS) is 1. The van der Waals surface area contributed by atoms with Crippen molar-refractivity contribution in [2.45, 2.75) is 6.10 Å². The van der Waals surface area contributed by atoms with E-state index in [2.05, 4.69) is 22.5 Å². The van der Waals surface area contributed by atoms with Gasteiger partial charge in [0.1, 0.15) is 0 Å². The van der Waals surface area contributed by atoms with Gasteiger partial charge >= 0.3 is 5.97 Å². The lowest BCUT2D eigenvalue weighted by atomic mass is 10.4. The van der Waals surface area contributed by atoms with Gasteiger partial charge in [0.2, 0.25) is 0 Å². The van der Waals surface area contributed by atoms with Gasteiger partial charge in [-0.1, -0.05) is 22.5 Å². The number of hydrogen-bond donors (Lipinski definition) is 2. The van der Waals surface area contributed by atoms with Gasteiger partial charge in [-0.05, 0) is 0 Å². The van der Waals surface area contributed by atoms with Crippen molar-refractivity contribution >= 4 is 21.9 Å². The van der Waals surface area contributed by atoms with Crippen LogP contribution in [0.25, 0.3) is 0 Å². The van der Waals surface area contributed by atoms with Gasteiger partial charge in [-0.25, -0.2) is 4.79 Å². The molecule has 0 aliphatic heterocycles. The van der Waals surface area contributed by atoms with Crippen molar-refractivity contribution in [3.8, 4) is 0 Å². The number of aliphatic hydroxyl groups excluding tert-OH is 1. The summed E-state index contributed by atoms with van der Waals surface area (Å²) in [5, 5.41) is 16.5. The van der Waals surface area contributed by atoms with E-state index >= 15 is 0 Å². The lowest BCUT2D eigenvalue weighted by Gasteiger charge is -1.98. The fraction of sp³-hybridized carbons (Fsp3) is 0.250. The molecule has 0 aromatic rings. The minimum Gasteiger partial charge on any atom is -0.479 e. The summed E-state index contributed by atoms with van der Waals surface area (Å²) in [6, 6.07) is 0. The molecule has 8 heavy (non-hydrogen) atoms. The molecule has 1 unspecified atom stereocenters. The summed E-state index contributed by atoms with van der Waals surface area (Å²) in [5.41, 5.74) is 0. The van der Waals surface area contributed by atoms with Crippen molar-refractivity contribution in [2.24, 2.45) is 0 Å². The van der Waals surface area contributed by atoms with E-state index < -0.39 is 12.1 Å². The molecule has 0 amide bonds. The highest BCUT2D eigenvalue weighted by molar-refractivity contribution is 9.11. The molecule has 0 aliphatic rings. The first kappa shape index (κ1) is 7.65. The number of aliphatic hydroxyl groups is 1. The second-order valence-electron chi connectivity index (χ2n) is 1.19. The molecule has 0 saturated carbocycles. The molecular formula is C4H5BrO3. The second-order valence-corrected chi connectivity index (χ2v) is 2.21. The van der Waals surface area contributed by atoms with E-state index in [9.17, 15) is 4.79 Å². The predicted octanol–water partition coefficient (Wildman–Crippen LogP) is 0.340. The van der Waals surface area contributed by atoms with Crippen LogP contribution in [0.15, 0.2) is 11.1 Å². The number of rotatable bonds is 2. The molecule has 0 bridgehead atoms. The van der Waals surface area contributed by atoms with Gasteiger partial charge in [0.25, 0.3) is 0 Å². The van der Waals surface area contributed by atoms with Crippen LogP contribution in [0.5, 0.6) is 0 Å². The molecule has 0 heterocycles. The van der Waals surface area contributed by atoms with Crippen LogP contribution in [0.3, 0.4) is 0 Å². The summed E-state index contributed by atoms with van der Waals surface area (Å²) in [4.78, 5) is 9.80. The number of carboxylic acids is 1. The Kier molecular flexibility index (Phi) is 2.71. The third-order valence-electron chi connectivity index (χ3n) is 0.531. The van der Waals surface area contributed by atoms with Crippen LogP contribution in [-0.2, 0) is 4.79 Å². The summed E-state index contributed by atoms with van der Waals surface area (Å²) < 4.78 is 0.0602. The van der Waals surface area contributed by atoms with E-state index in [0.717, 1.165) is 0 Å². The van der Waals surface area contributed by atoms with Gasteiger partial charge in [0, 0.05) is 4.48 Å². The Labute approximate surface area is 54.8 Å². The molecule has 3 nitrogen and oxygen atoms in total. The molecule has 4 heteroatoms. The Hall–Kier alpha value is -0.350. The summed E-state index contributed by atoms with van der Waals surface area (Å²) in [5.74, 6) is -1.30. The first-order chi connectivity index (χ1) is 3.55. The average molecular weight is 181 g/mol. The van der Waals surface area contributed by atoms with Crippen molar-refractivity contribution in [3.63, 3.8) is 0 Å². The topological polar surface area (TPSA) is 57.5 Å². The Morgan fingerprint density at radius 2 is 2.12 bits per heavy atom. The Balaban J connectivity index is 3.83. The van der Waals surface area contributed by atoms with Crippen LogP contribution in [0.4, 0.5) is 0 Å². The Morgan fingerprint density at radius 1 is 1.75 bits per heavy atom. The summed E-state index contributed by atoms with van der Waals surface area (Å²) in [7, 11) is 0. The van der Waals surface area contributed by atoms with Gasteiger partial charge < -0.3 is 10.2 Å². The maximum absolute atomic E-state index is 9.80. The summed E-state index contributed by atoms with van der Waals surface area (Å²) in [6.45, 7) is 3.16. The van der Waals surface area contributed by atoms with Crippen molar-refractivity contribution in [1.29, 1.82) is 0 Å². The zero-order chi connectivity index (χ0) is 6.73. The molecule has 2 N–H and O–H groups in total. The molecule has 0 radical (unpaired) electrons. The smallest absolute Gasteiger partial charge is 0.337 e. The van der Waals surface area contributed by atoms with Crippen LogP contribution >= 0.6 is 15.9 Å². The SMILES string of the molecule is C=C(Br)C(O)C(=O)O. The Morgan fingerprint density at radius 3 is 2.12 bits per heavy atom.